The molecule has 5 nitrogen and oxygen atoms in total. The second kappa shape index (κ2) is 5.41. The Labute approximate surface area is 99.0 Å². The molecule has 0 aliphatic rings. The molecule has 0 heterocycles. The fraction of sp³-hybridized carbons (Fsp3) is 0.222. The smallest absolute Gasteiger partial charge is 0.171 e. The van der Waals surface area contributed by atoms with E-state index in [1.807, 2.05) is 31.2 Å². The van der Waals surface area contributed by atoms with E-state index in [2.05, 4.69) is 10.6 Å². The van der Waals surface area contributed by atoms with Gasteiger partial charge in [-0.15, -0.1) is 0 Å². The molecule has 0 radical (unpaired) electrons. The van der Waals surface area contributed by atoms with Gasteiger partial charge >= 0.3 is 0 Å². The molecule has 0 saturated carbocycles. The van der Waals surface area contributed by atoms with E-state index in [4.69, 9.17) is 17.1 Å². The first kappa shape index (κ1) is 13.1. The minimum atomic E-state index is -4.32. The van der Waals surface area contributed by atoms with Gasteiger partial charge in [0.15, 0.2) is 12.7 Å². The van der Waals surface area contributed by atoms with E-state index in [9.17, 15) is 9.46 Å². The summed E-state index contributed by atoms with van der Waals surface area (Å²) in [5.74, 6) is 0. The summed E-state index contributed by atoms with van der Waals surface area (Å²) in [6.45, 7) is 1.96. The molecular formula is C9H12N2O3PS-. The van der Waals surface area contributed by atoms with Gasteiger partial charge in [0.05, 0.1) is 6.29 Å². The van der Waals surface area contributed by atoms with Crippen LogP contribution in [-0.2, 0) is 4.57 Å². The predicted octanol–water partition coefficient (Wildman–Crippen LogP) is 0.785. The standard InChI is InChI=1S/C9H13N2O3PS/c1-7-2-4-8(5-3-7)11-9(16)10-6-15(12,13)14/h2-5H,6H2,1H3,(H2,10,11,16)(H2,12,13,14)/p-1. The van der Waals surface area contributed by atoms with Crippen molar-refractivity contribution in [3.05, 3.63) is 29.8 Å². The van der Waals surface area contributed by atoms with Crippen molar-refractivity contribution in [2.75, 3.05) is 11.6 Å². The third kappa shape index (κ3) is 5.23. The maximum Gasteiger partial charge on any atom is 0.171 e. The molecular weight excluding hydrogens is 247 g/mol. The summed E-state index contributed by atoms with van der Waals surface area (Å²) in [6, 6.07) is 7.43. The minimum Gasteiger partial charge on any atom is -0.777 e. The lowest BCUT2D eigenvalue weighted by molar-refractivity contribution is -0.193. The van der Waals surface area contributed by atoms with Crippen LogP contribution in [0.15, 0.2) is 24.3 Å². The number of anilines is 1. The number of hydrogen-bond acceptors (Lipinski definition) is 3. The third-order valence-electron chi connectivity index (χ3n) is 1.75. The molecule has 0 aliphatic heterocycles. The van der Waals surface area contributed by atoms with E-state index >= 15 is 0 Å². The molecule has 1 rings (SSSR count). The molecule has 0 aromatic heterocycles. The fourth-order valence-corrected chi connectivity index (χ4v) is 1.64. The van der Waals surface area contributed by atoms with E-state index in [-0.39, 0.29) is 5.11 Å². The zero-order chi connectivity index (χ0) is 12.2. The van der Waals surface area contributed by atoms with Crippen LogP contribution < -0.4 is 15.5 Å². The van der Waals surface area contributed by atoms with E-state index in [0.29, 0.717) is 0 Å². The summed E-state index contributed by atoms with van der Waals surface area (Å²) in [6.07, 6.45) is -0.579. The second-order valence-electron chi connectivity index (χ2n) is 3.29. The molecule has 1 aromatic rings. The normalized spacial score (nSPS) is 13.9. The molecule has 0 bridgehead atoms. The van der Waals surface area contributed by atoms with E-state index in [1.165, 1.54) is 0 Å². The number of thiocarbonyl (C=S) groups is 1. The first-order valence-electron chi connectivity index (χ1n) is 4.51. The molecule has 88 valence electrons. The fourth-order valence-electron chi connectivity index (χ4n) is 0.984. The van der Waals surface area contributed by atoms with Gasteiger partial charge in [0.1, 0.15) is 0 Å². The van der Waals surface area contributed by atoms with Crippen molar-refractivity contribution in [3.8, 4) is 0 Å². The van der Waals surface area contributed by atoms with Crippen LogP contribution in [0.4, 0.5) is 5.69 Å². The van der Waals surface area contributed by atoms with E-state index in [1.54, 1.807) is 0 Å². The summed E-state index contributed by atoms with van der Waals surface area (Å²) in [5, 5.41) is 5.32. The summed E-state index contributed by atoms with van der Waals surface area (Å²) in [7, 11) is -4.32. The molecule has 1 aromatic carbocycles. The molecule has 0 saturated heterocycles. The number of aryl methyl sites for hydroxylation is 1. The van der Waals surface area contributed by atoms with Crippen LogP contribution in [0.2, 0.25) is 0 Å². The third-order valence-corrected chi connectivity index (χ3v) is 2.55. The molecule has 0 aliphatic carbocycles. The van der Waals surface area contributed by atoms with Crippen LogP contribution >= 0.6 is 19.8 Å². The zero-order valence-electron chi connectivity index (χ0n) is 8.64. The molecule has 1 unspecified atom stereocenters. The van der Waals surface area contributed by atoms with Crippen molar-refractivity contribution < 1.29 is 14.4 Å². The number of rotatable bonds is 3. The summed E-state index contributed by atoms with van der Waals surface area (Å²) >= 11 is 4.84. The van der Waals surface area contributed by atoms with Crippen LogP contribution in [0.3, 0.4) is 0 Å². The van der Waals surface area contributed by atoms with Crippen molar-refractivity contribution in [3.63, 3.8) is 0 Å². The maximum atomic E-state index is 10.5. The molecule has 7 heteroatoms. The Balaban J connectivity index is 2.46. The zero-order valence-corrected chi connectivity index (χ0v) is 10.3. The number of benzene rings is 1. The van der Waals surface area contributed by atoms with Gasteiger partial charge in [0.25, 0.3) is 0 Å². The average molecular weight is 259 g/mol. The summed E-state index contributed by atoms with van der Waals surface area (Å²) in [4.78, 5) is 19.0. The maximum absolute atomic E-state index is 10.5. The van der Waals surface area contributed by atoms with Crippen molar-refractivity contribution in [1.29, 1.82) is 0 Å². The van der Waals surface area contributed by atoms with Gasteiger partial charge < -0.3 is 25.0 Å². The van der Waals surface area contributed by atoms with E-state index < -0.39 is 13.9 Å². The lowest BCUT2D eigenvalue weighted by Crippen LogP contribution is -2.30. The monoisotopic (exact) mass is 259 g/mol. The van der Waals surface area contributed by atoms with Crippen molar-refractivity contribution in [2.24, 2.45) is 0 Å². The Morgan fingerprint density at radius 3 is 2.56 bits per heavy atom. The molecule has 16 heavy (non-hydrogen) atoms. The highest BCUT2D eigenvalue weighted by Gasteiger charge is 2.03. The van der Waals surface area contributed by atoms with E-state index in [0.717, 1.165) is 11.3 Å². The van der Waals surface area contributed by atoms with Crippen LogP contribution in [0.25, 0.3) is 0 Å². The lowest BCUT2D eigenvalue weighted by atomic mass is 10.2. The lowest BCUT2D eigenvalue weighted by Gasteiger charge is -2.17. The second-order valence-corrected chi connectivity index (χ2v) is 5.29. The Morgan fingerprint density at radius 2 is 2.06 bits per heavy atom. The van der Waals surface area contributed by atoms with Crippen molar-refractivity contribution >= 4 is 30.6 Å². The summed E-state index contributed by atoms with van der Waals surface area (Å²) < 4.78 is 10.5. The van der Waals surface area contributed by atoms with Crippen LogP contribution in [0.5, 0.6) is 0 Å². The van der Waals surface area contributed by atoms with Gasteiger partial charge in [-0.25, -0.2) is 0 Å². The Bertz CT molecular complexity index is 415. The predicted molar refractivity (Wildman–Crippen MR) is 65.2 cm³/mol. The van der Waals surface area contributed by atoms with Crippen molar-refractivity contribution in [1.82, 2.24) is 5.32 Å². The Morgan fingerprint density at radius 1 is 1.50 bits per heavy atom. The van der Waals surface area contributed by atoms with Crippen LogP contribution in [0, 0.1) is 6.92 Å². The first-order chi connectivity index (χ1) is 7.37. The Kier molecular flexibility index (Phi) is 4.44. The number of nitrogens with one attached hydrogen (secondary N) is 2. The van der Waals surface area contributed by atoms with Crippen molar-refractivity contribution in [2.45, 2.75) is 6.92 Å². The largest absolute Gasteiger partial charge is 0.777 e. The van der Waals surface area contributed by atoms with Gasteiger partial charge in [-0.05, 0) is 31.3 Å². The van der Waals surface area contributed by atoms with Gasteiger partial charge in [0.2, 0.25) is 0 Å². The van der Waals surface area contributed by atoms with Gasteiger partial charge in [-0.2, -0.15) is 0 Å². The average Bonchev–Trinajstić information content (AvgIpc) is 2.18. The molecule has 0 amide bonds. The topological polar surface area (TPSA) is 84.4 Å². The van der Waals surface area contributed by atoms with Gasteiger partial charge in [0, 0.05) is 5.69 Å². The quantitative estimate of drug-likeness (QED) is 0.549. The van der Waals surface area contributed by atoms with Gasteiger partial charge in [-0.1, -0.05) is 17.7 Å². The SMILES string of the molecule is Cc1ccc(NC(=S)NCP(=O)([O-])O)cc1. The van der Waals surface area contributed by atoms with Gasteiger partial charge in [-0.3, -0.25) is 0 Å². The number of hydrogen-bond donors (Lipinski definition) is 3. The first-order valence-corrected chi connectivity index (χ1v) is 6.68. The minimum absolute atomic E-state index is 0.147. The summed E-state index contributed by atoms with van der Waals surface area (Å²) in [5.41, 5.74) is 1.87. The van der Waals surface area contributed by atoms with Crippen LogP contribution in [-0.4, -0.2) is 16.3 Å². The molecule has 1 atom stereocenters. The van der Waals surface area contributed by atoms with Crippen LogP contribution in [0.1, 0.15) is 5.56 Å². The highest BCUT2D eigenvalue weighted by atomic mass is 32.1. The molecule has 0 fully saturated rings. The molecule has 3 N–H and O–H groups in total. The molecule has 0 spiro atoms. The highest BCUT2D eigenvalue weighted by Crippen LogP contribution is 2.25. The Hall–Kier alpha value is -0.940. The highest BCUT2D eigenvalue weighted by molar-refractivity contribution is 7.80.